The van der Waals surface area contributed by atoms with E-state index in [2.05, 4.69) is 6.58 Å². The Hall–Kier alpha value is -0.870. The molecule has 58 valence electrons. The maximum atomic E-state index is 10.2. The monoisotopic (exact) mass is 144 g/mol. The molecule has 2 atom stereocenters. The van der Waals surface area contributed by atoms with Gasteiger partial charge in [0.2, 0.25) is 0 Å². The summed E-state index contributed by atoms with van der Waals surface area (Å²) < 4.78 is 0. The van der Waals surface area contributed by atoms with Gasteiger partial charge in [-0.3, -0.25) is 4.79 Å². The molecule has 0 saturated carbocycles. The number of carbonyl (C=O) groups is 1. The summed E-state index contributed by atoms with van der Waals surface area (Å²) in [6.07, 6.45) is 1.97. The number of carboxylic acids is 1. The molecule has 0 saturated heterocycles. The normalized spacial score (nSPS) is 15.8. The van der Waals surface area contributed by atoms with Gasteiger partial charge in [0.1, 0.15) is 6.04 Å². The van der Waals surface area contributed by atoms with E-state index in [1.165, 1.54) is 0 Å². The number of rotatable bonds is 4. The molecule has 10 heavy (non-hydrogen) atoms. The van der Waals surface area contributed by atoms with Gasteiger partial charge >= 0.3 is 5.97 Å². The van der Waals surface area contributed by atoms with Crippen molar-refractivity contribution in [1.29, 1.82) is 0 Å². The van der Waals surface area contributed by atoms with E-state index in [4.69, 9.17) is 16.6 Å². The third-order valence-corrected chi connectivity index (χ3v) is 1.19. The van der Waals surface area contributed by atoms with Crippen molar-refractivity contribution in [2.24, 2.45) is 11.5 Å². The van der Waals surface area contributed by atoms with Gasteiger partial charge in [-0.2, -0.15) is 0 Å². The van der Waals surface area contributed by atoms with Crippen molar-refractivity contribution in [3.63, 3.8) is 0 Å². The first-order valence-electron chi connectivity index (χ1n) is 2.94. The standard InChI is InChI=1S/C6H12N2O2/c1-2-3-4(7)5(8)6(9)10/h2,4-5H,1,3,7-8H2,(H,9,10). The molecular formula is C6H12N2O2. The zero-order valence-corrected chi connectivity index (χ0v) is 5.66. The van der Waals surface area contributed by atoms with Crippen LogP contribution in [0.25, 0.3) is 0 Å². The first kappa shape index (κ1) is 9.13. The molecule has 0 bridgehead atoms. The average Bonchev–Trinajstić information content (AvgIpc) is 1.87. The topological polar surface area (TPSA) is 89.3 Å². The summed E-state index contributed by atoms with van der Waals surface area (Å²) in [5.41, 5.74) is 10.5. The first-order valence-corrected chi connectivity index (χ1v) is 2.94. The third-order valence-electron chi connectivity index (χ3n) is 1.19. The smallest absolute Gasteiger partial charge is 0.322 e. The highest BCUT2D eigenvalue weighted by atomic mass is 16.4. The number of carboxylic acid groups (broad SMARTS) is 1. The Morgan fingerprint density at radius 2 is 2.20 bits per heavy atom. The van der Waals surface area contributed by atoms with Gasteiger partial charge in [-0.1, -0.05) is 6.08 Å². The third kappa shape index (κ3) is 2.61. The van der Waals surface area contributed by atoms with E-state index < -0.39 is 18.1 Å². The highest BCUT2D eigenvalue weighted by Crippen LogP contribution is 1.93. The minimum absolute atomic E-state index is 0.424. The Balaban J connectivity index is 3.80. The second-order valence-corrected chi connectivity index (χ2v) is 2.05. The second kappa shape index (κ2) is 4.03. The molecule has 4 nitrogen and oxygen atoms in total. The molecule has 0 aromatic heterocycles. The lowest BCUT2D eigenvalue weighted by Gasteiger charge is -2.12. The molecule has 0 radical (unpaired) electrons. The highest BCUT2D eigenvalue weighted by Gasteiger charge is 2.18. The summed E-state index contributed by atoms with van der Waals surface area (Å²) in [6, 6.07) is -1.52. The predicted octanol–water partition coefficient (Wildman–Crippen LogP) is -0.698. The minimum Gasteiger partial charge on any atom is -0.480 e. The van der Waals surface area contributed by atoms with E-state index in [9.17, 15) is 4.79 Å². The predicted molar refractivity (Wildman–Crippen MR) is 38.4 cm³/mol. The Bertz CT molecular complexity index is 136. The molecule has 0 amide bonds. The number of aliphatic carboxylic acids is 1. The first-order chi connectivity index (χ1) is 4.59. The molecule has 0 heterocycles. The van der Waals surface area contributed by atoms with Crippen LogP contribution in [0.2, 0.25) is 0 Å². The van der Waals surface area contributed by atoms with Gasteiger partial charge in [0.15, 0.2) is 0 Å². The van der Waals surface area contributed by atoms with E-state index >= 15 is 0 Å². The van der Waals surface area contributed by atoms with Crippen molar-refractivity contribution < 1.29 is 9.90 Å². The Kier molecular flexibility index (Phi) is 3.68. The molecular weight excluding hydrogens is 132 g/mol. The van der Waals surface area contributed by atoms with Gasteiger partial charge < -0.3 is 16.6 Å². The molecule has 4 heteroatoms. The lowest BCUT2D eigenvalue weighted by Crippen LogP contribution is -2.46. The molecule has 0 rings (SSSR count). The van der Waals surface area contributed by atoms with E-state index in [0.717, 1.165) is 0 Å². The minimum atomic E-state index is -1.07. The molecule has 2 unspecified atom stereocenters. The van der Waals surface area contributed by atoms with Crippen LogP contribution in [0.1, 0.15) is 6.42 Å². The molecule has 0 spiro atoms. The van der Waals surface area contributed by atoms with Crippen molar-refractivity contribution in [2.45, 2.75) is 18.5 Å². The zero-order chi connectivity index (χ0) is 8.15. The largest absolute Gasteiger partial charge is 0.480 e. The molecule has 0 aliphatic heterocycles. The second-order valence-electron chi connectivity index (χ2n) is 2.05. The maximum Gasteiger partial charge on any atom is 0.322 e. The molecule has 0 aliphatic rings. The summed E-state index contributed by atoms with van der Waals surface area (Å²) in [6.45, 7) is 3.41. The molecule has 0 aliphatic carbocycles. The maximum absolute atomic E-state index is 10.2. The van der Waals surface area contributed by atoms with Crippen LogP contribution in [-0.4, -0.2) is 23.2 Å². The average molecular weight is 144 g/mol. The summed E-state index contributed by atoms with van der Waals surface area (Å²) >= 11 is 0. The summed E-state index contributed by atoms with van der Waals surface area (Å²) in [7, 11) is 0. The number of nitrogens with two attached hydrogens (primary N) is 2. The fourth-order valence-electron chi connectivity index (χ4n) is 0.522. The number of hydrogen-bond acceptors (Lipinski definition) is 3. The van der Waals surface area contributed by atoms with Crippen LogP contribution < -0.4 is 11.5 Å². The van der Waals surface area contributed by atoms with Crippen LogP contribution in [0, 0.1) is 0 Å². The molecule has 5 N–H and O–H groups in total. The van der Waals surface area contributed by atoms with Gasteiger partial charge in [-0.15, -0.1) is 6.58 Å². The van der Waals surface area contributed by atoms with E-state index in [-0.39, 0.29) is 0 Å². The Morgan fingerprint density at radius 1 is 1.70 bits per heavy atom. The van der Waals surface area contributed by atoms with Crippen molar-refractivity contribution in [3.8, 4) is 0 Å². The van der Waals surface area contributed by atoms with E-state index in [1.807, 2.05) is 0 Å². The quantitative estimate of drug-likeness (QED) is 0.455. The van der Waals surface area contributed by atoms with Gasteiger partial charge in [0.05, 0.1) is 0 Å². The fraction of sp³-hybridized carbons (Fsp3) is 0.500. The molecule has 0 fully saturated rings. The SMILES string of the molecule is C=CCC(N)C(N)C(=O)O. The Labute approximate surface area is 59.5 Å². The van der Waals surface area contributed by atoms with Crippen molar-refractivity contribution in [1.82, 2.24) is 0 Å². The van der Waals surface area contributed by atoms with E-state index in [1.54, 1.807) is 6.08 Å². The van der Waals surface area contributed by atoms with Gasteiger partial charge in [-0.25, -0.2) is 0 Å². The van der Waals surface area contributed by atoms with Crippen LogP contribution >= 0.6 is 0 Å². The van der Waals surface area contributed by atoms with E-state index in [0.29, 0.717) is 6.42 Å². The van der Waals surface area contributed by atoms with Gasteiger partial charge in [0, 0.05) is 6.04 Å². The lowest BCUT2D eigenvalue weighted by atomic mass is 10.1. The van der Waals surface area contributed by atoms with Crippen molar-refractivity contribution >= 4 is 5.97 Å². The van der Waals surface area contributed by atoms with Crippen LogP contribution in [0.4, 0.5) is 0 Å². The fourth-order valence-corrected chi connectivity index (χ4v) is 0.522. The number of hydrogen-bond donors (Lipinski definition) is 3. The summed E-state index contributed by atoms with van der Waals surface area (Å²) in [5, 5.41) is 8.34. The van der Waals surface area contributed by atoms with Crippen molar-refractivity contribution in [3.05, 3.63) is 12.7 Å². The van der Waals surface area contributed by atoms with Gasteiger partial charge in [0.25, 0.3) is 0 Å². The lowest BCUT2D eigenvalue weighted by molar-refractivity contribution is -0.138. The summed E-state index contributed by atoms with van der Waals surface area (Å²) in [5.74, 6) is -1.07. The Morgan fingerprint density at radius 3 is 2.50 bits per heavy atom. The highest BCUT2D eigenvalue weighted by molar-refractivity contribution is 5.74. The van der Waals surface area contributed by atoms with Gasteiger partial charge in [-0.05, 0) is 6.42 Å². The molecule has 0 aromatic carbocycles. The van der Waals surface area contributed by atoms with Crippen LogP contribution in [0.5, 0.6) is 0 Å². The van der Waals surface area contributed by atoms with Crippen LogP contribution in [0.15, 0.2) is 12.7 Å². The molecule has 0 aromatic rings. The summed E-state index contributed by atoms with van der Waals surface area (Å²) in [4.78, 5) is 10.2. The van der Waals surface area contributed by atoms with Crippen LogP contribution in [-0.2, 0) is 4.79 Å². The zero-order valence-electron chi connectivity index (χ0n) is 5.66. The van der Waals surface area contributed by atoms with Crippen LogP contribution in [0.3, 0.4) is 0 Å². The van der Waals surface area contributed by atoms with Crippen molar-refractivity contribution in [2.75, 3.05) is 0 Å².